The van der Waals surface area contributed by atoms with Gasteiger partial charge in [0.2, 0.25) is 0 Å². The van der Waals surface area contributed by atoms with E-state index in [4.69, 9.17) is 19.9 Å². The van der Waals surface area contributed by atoms with Crippen molar-refractivity contribution < 1.29 is 23.8 Å². The second kappa shape index (κ2) is 12.3. The number of hydrogen-bond acceptors (Lipinski definition) is 8. The second-order valence-electron chi connectivity index (χ2n) is 7.17. The summed E-state index contributed by atoms with van der Waals surface area (Å²) in [5, 5.41) is 0. The third-order valence-electron chi connectivity index (χ3n) is 4.74. The lowest BCUT2D eigenvalue weighted by molar-refractivity contribution is -0.149. The number of H-pyrrole nitrogens is 1. The predicted octanol–water partition coefficient (Wildman–Crippen LogP) is 1.29. The molecule has 0 saturated heterocycles. The summed E-state index contributed by atoms with van der Waals surface area (Å²) in [4.78, 5) is 52.8. The molecular weight excluding hydrogens is 432 g/mol. The molecule has 0 radical (unpaired) electrons. The molecule has 1 aromatic heterocycles. The number of carbonyl (C=O) groups excluding carboxylic acids is 2. The van der Waals surface area contributed by atoms with Crippen LogP contribution in [0.4, 0.5) is 11.5 Å². The standard InChI is InChI=1S/C22H30N4O7/c1-4-6-12-25(19-20(23)26(11-5-2)22(30)24-21(19)29)17(27)13-33-18(28)14-32-16-9-7-15(31-3)8-10-16/h7-10H,4-6,11-14,23H2,1-3H3,(H,24,29,30). The zero-order valence-electron chi connectivity index (χ0n) is 19.1. The van der Waals surface area contributed by atoms with E-state index in [0.29, 0.717) is 24.3 Å². The summed E-state index contributed by atoms with van der Waals surface area (Å²) in [5.41, 5.74) is 4.53. The van der Waals surface area contributed by atoms with Crippen molar-refractivity contribution in [2.24, 2.45) is 0 Å². The summed E-state index contributed by atoms with van der Waals surface area (Å²) in [6, 6.07) is 6.61. The maximum Gasteiger partial charge on any atom is 0.344 e. The Labute approximate surface area is 191 Å². The van der Waals surface area contributed by atoms with E-state index in [0.717, 1.165) is 11.3 Å². The van der Waals surface area contributed by atoms with Crippen LogP contribution in [0, 0.1) is 0 Å². The quantitative estimate of drug-likeness (QED) is 0.449. The highest BCUT2D eigenvalue weighted by Crippen LogP contribution is 2.19. The fourth-order valence-electron chi connectivity index (χ4n) is 3.04. The highest BCUT2D eigenvalue weighted by Gasteiger charge is 2.24. The molecule has 3 N–H and O–H groups in total. The van der Waals surface area contributed by atoms with Crippen molar-refractivity contribution in [3.63, 3.8) is 0 Å². The number of aromatic nitrogens is 2. The molecule has 33 heavy (non-hydrogen) atoms. The van der Waals surface area contributed by atoms with E-state index in [2.05, 4.69) is 4.98 Å². The van der Waals surface area contributed by atoms with Crippen LogP contribution in [0.2, 0.25) is 0 Å². The Hall–Kier alpha value is -3.76. The van der Waals surface area contributed by atoms with Crippen LogP contribution in [0.15, 0.2) is 33.9 Å². The van der Waals surface area contributed by atoms with Gasteiger partial charge in [0.05, 0.1) is 7.11 Å². The lowest BCUT2D eigenvalue weighted by atomic mass is 10.2. The van der Waals surface area contributed by atoms with Gasteiger partial charge in [-0.2, -0.15) is 0 Å². The van der Waals surface area contributed by atoms with Crippen molar-refractivity contribution in [1.29, 1.82) is 0 Å². The molecule has 0 saturated carbocycles. The zero-order valence-corrected chi connectivity index (χ0v) is 19.1. The van der Waals surface area contributed by atoms with Crippen molar-refractivity contribution in [3.05, 3.63) is 45.1 Å². The molecule has 0 aliphatic heterocycles. The number of nitrogens with two attached hydrogens (primary N) is 1. The molecule has 180 valence electrons. The third kappa shape index (κ3) is 6.86. The first-order valence-corrected chi connectivity index (χ1v) is 10.7. The van der Waals surface area contributed by atoms with Crippen molar-refractivity contribution in [2.45, 2.75) is 39.7 Å². The van der Waals surface area contributed by atoms with Gasteiger partial charge < -0.3 is 24.8 Å². The van der Waals surface area contributed by atoms with E-state index >= 15 is 0 Å². The maximum absolute atomic E-state index is 12.9. The summed E-state index contributed by atoms with van der Waals surface area (Å²) in [6.07, 6.45) is 1.92. The molecule has 0 atom stereocenters. The van der Waals surface area contributed by atoms with E-state index in [1.807, 2.05) is 13.8 Å². The number of anilines is 2. The highest BCUT2D eigenvalue weighted by atomic mass is 16.6. The lowest BCUT2D eigenvalue weighted by Crippen LogP contribution is -2.43. The number of unbranched alkanes of at least 4 members (excludes halogenated alkanes) is 1. The van der Waals surface area contributed by atoms with Gasteiger partial charge in [0, 0.05) is 13.1 Å². The molecule has 11 heteroatoms. The average molecular weight is 463 g/mol. The van der Waals surface area contributed by atoms with Crippen LogP contribution in [-0.2, 0) is 20.9 Å². The van der Waals surface area contributed by atoms with Gasteiger partial charge in [-0.3, -0.25) is 19.1 Å². The Morgan fingerprint density at radius 3 is 2.33 bits per heavy atom. The third-order valence-corrected chi connectivity index (χ3v) is 4.74. The van der Waals surface area contributed by atoms with Gasteiger partial charge in [-0.05, 0) is 37.1 Å². The second-order valence-corrected chi connectivity index (χ2v) is 7.17. The fraction of sp³-hybridized carbons (Fsp3) is 0.455. The Bertz CT molecular complexity index is 1060. The highest BCUT2D eigenvalue weighted by molar-refractivity contribution is 5.97. The van der Waals surface area contributed by atoms with Gasteiger partial charge in [-0.1, -0.05) is 20.3 Å². The summed E-state index contributed by atoms with van der Waals surface area (Å²) < 4.78 is 16.6. The topological polar surface area (TPSA) is 146 Å². The van der Waals surface area contributed by atoms with Gasteiger partial charge in [-0.25, -0.2) is 9.59 Å². The summed E-state index contributed by atoms with van der Waals surface area (Å²) in [6.45, 7) is 3.21. The first-order valence-electron chi connectivity index (χ1n) is 10.7. The zero-order chi connectivity index (χ0) is 24.4. The van der Waals surface area contributed by atoms with Crippen LogP contribution < -0.4 is 31.4 Å². The summed E-state index contributed by atoms with van der Waals surface area (Å²) in [5.74, 6) is -0.430. The van der Waals surface area contributed by atoms with Crippen molar-refractivity contribution in [1.82, 2.24) is 9.55 Å². The Kier molecular flexibility index (Phi) is 9.52. The molecule has 11 nitrogen and oxygen atoms in total. The van der Waals surface area contributed by atoms with Crippen molar-refractivity contribution in [2.75, 3.05) is 37.5 Å². The SMILES string of the molecule is CCCCN(C(=O)COC(=O)COc1ccc(OC)cc1)c1c(N)n(CCC)c(=O)[nH]c1=O. The molecule has 0 spiro atoms. The van der Waals surface area contributed by atoms with Crippen LogP contribution in [0.1, 0.15) is 33.1 Å². The molecule has 2 rings (SSSR count). The molecule has 1 heterocycles. The van der Waals surface area contributed by atoms with E-state index in [9.17, 15) is 19.2 Å². The molecule has 0 aliphatic rings. The number of hydrogen-bond donors (Lipinski definition) is 2. The maximum atomic E-state index is 12.9. The van der Waals surface area contributed by atoms with Gasteiger partial charge in [0.1, 0.15) is 17.3 Å². The number of amides is 1. The van der Waals surface area contributed by atoms with Gasteiger partial charge in [0.25, 0.3) is 11.5 Å². The monoisotopic (exact) mass is 462 g/mol. The van der Waals surface area contributed by atoms with Crippen molar-refractivity contribution in [3.8, 4) is 11.5 Å². The van der Waals surface area contributed by atoms with E-state index in [1.165, 1.54) is 11.7 Å². The molecule has 1 amide bonds. The Balaban J connectivity index is 2.10. The molecule has 2 aromatic rings. The molecule has 0 bridgehead atoms. The fourth-order valence-corrected chi connectivity index (χ4v) is 3.04. The normalized spacial score (nSPS) is 10.5. The van der Waals surface area contributed by atoms with Gasteiger partial charge in [0.15, 0.2) is 18.9 Å². The van der Waals surface area contributed by atoms with Crippen LogP contribution in [-0.4, -0.2) is 48.3 Å². The molecule has 0 unspecified atom stereocenters. The predicted molar refractivity (Wildman–Crippen MR) is 123 cm³/mol. The first-order chi connectivity index (χ1) is 15.8. The number of nitrogens with one attached hydrogen (secondary N) is 1. The largest absolute Gasteiger partial charge is 0.497 e. The number of nitrogen functional groups attached to an aromatic ring is 1. The van der Waals surface area contributed by atoms with Crippen molar-refractivity contribution >= 4 is 23.4 Å². The van der Waals surface area contributed by atoms with Crippen LogP contribution in [0.25, 0.3) is 0 Å². The van der Waals surface area contributed by atoms with E-state index < -0.39 is 36.3 Å². The van der Waals surface area contributed by atoms with E-state index in [-0.39, 0.29) is 24.6 Å². The molecule has 1 aromatic carbocycles. The summed E-state index contributed by atoms with van der Waals surface area (Å²) >= 11 is 0. The minimum Gasteiger partial charge on any atom is -0.497 e. The van der Waals surface area contributed by atoms with Crippen LogP contribution in [0.3, 0.4) is 0 Å². The molecular formula is C22H30N4O7. The number of esters is 1. The minimum atomic E-state index is -0.775. The van der Waals surface area contributed by atoms with E-state index in [1.54, 1.807) is 24.3 Å². The number of ether oxygens (including phenoxy) is 3. The minimum absolute atomic E-state index is 0.107. The average Bonchev–Trinajstić information content (AvgIpc) is 2.81. The number of aromatic amines is 1. The molecule has 0 fully saturated rings. The first kappa shape index (κ1) is 25.5. The van der Waals surface area contributed by atoms with Gasteiger partial charge in [-0.15, -0.1) is 0 Å². The Morgan fingerprint density at radius 1 is 1.06 bits per heavy atom. The molecule has 0 aliphatic carbocycles. The number of methoxy groups -OCH3 is 1. The lowest BCUT2D eigenvalue weighted by Gasteiger charge is -2.24. The Morgan fingerprint density at radius 2 is 1.73 bits per heavy atom. The number of rotatable bonds is 12. The van der Waals surface area contributed by atoms with Crippen LogP contribution >= 0.6 is 0 Å². The summed E-state index contributed by atoms with van der Waals surface area (Å²) in [7, 11) is 1.54. The smallest absolute Gasteiger partial charge is 0.344 e. The van der Waals surface area contributed by atoms with Gasteiger partial charge >= 0.3 is 11.7 Å². The van der Waals surface area contributed by atoms with Crippen LogP contribution in [0.5, 0.6) is 11.5 Å². The number of nitrogens with zero attached hydrogens (tertiary/aromatic N) is 2. The number of carbonyl (C=O) groups is 2. The number of benzene rings is 1.